The molecule has 0 aliphatic heterocycles. The van der Waals surface area contributed by atoms with E-state index in [1.165, 1.54) is 5.56 Å². The predicted octanol–water partition coefficient (Wildman–Crippen LogP) is 2.88. The van der Waals surface area contributed by atoms with Crippen LogP contribution in [0.15, 0.2) is 36.7 Å². The molecular formula is C16H21N3O. The molecule has 2 aromatic rings. The summed E-state index contributed by atoms with van der Waals surface area (Å²) in [5, 5.41) is 3.50. The van der Waals surface area contributed by atoms with Crippen LogP contribution in [-0.2, 0) is 0 Å². The average molecular weight is 271 g/mol. The highest BCUT2D eigenvalue weighted by Crippen LogP contribution is 2.27. The molecule has 1 N–H and O–H groups in total. The molecule has 0 radical (unpaired) electrons. The summed E-state index contributed by atoms with van der Waals surface area (Å²) in [5.41, 5.74) is 3.03. The lowest BCUT2D eigenvalue weighted by molar-refractivity contribution is 0.399. The lowest BCUT2D eigenvalue weighted by Gasteiger charge is -2.20. The summed E-state index contributed by atoms with van der Waals surface area (Å²) in [5.74, 6) is 0.782. The van der Waals surface area contributed by atoms with Gasteiger partial charge in [0.2, 0.25) is 0 Å². The Hall–Kier alpha value is -1.94. The van der Waals surface area contributed by atoms with Crippen molar-refractivity contribution < 1.29 is 4.74 Å². The van der Waals surface area contributed by atoms with Gasteiger partial charge in [0, 0.05) is 12.4 Å². The number of aryl methyl sites for hydroxylation is 1. The van der Waals surface area contributed by atoms with Gasteiger partial charge in [-0.15, -0.1) is 0 Å². The molecule has 0 aliphatic carbocycles. The van der Waals surface area contributed by atoms with E-state index >= 15 is 0 Å². The summed E-state index contributed by atoms with van der Waals surface area (Å²) in [6, 6.07) is 7.84. The zero-order valence-electron chi connectivity index (χ0n) is 12.3. The van der Waals surface area contributed by atoms with Gasteiger partial charge in [-0.2, -0.15) is 0 Å². The number of hydrogen-bond donors (Lipinski definition) is 1. The van der Waals surface area contributed by atoms with Crippen LogP contribution in [0.4, 0.5) is 0 Å². The Morgan fingerprint density at radius 3 is 2.80 bits per heavy atom. The van der Waals surface area contributed by atoms with E-state index in [1.807, 2.05) is 24.4 Å². The van der Waals surface area contributed by atoms with Gasteiger partial charge in [-0.05, 0) is 49.7 Å². The number of hydrogen-bond acceptors (Lipinski definition) is 4. The molecule has 1 unspecified atom stereocenters. The van der Waals surface area contributed by atoms with Gasteiger partial charge in [0.25, 0.3) is 0 Å². The van der Waals surface area contributed by atoms with Crippen LogP contribution in [0.3, 0.4) is 0 Å². The van der Waals surface area contributed by atoms with Crippen LogP contribution in [0, 0.1) is 6.92 Å². The summed E-state index contributed by atoms with van der Waals surface area (Å²) in [7, 11) is 1.67. The molecule has 4 nitrogen and oxygen atoms in total. The SMILES string of the molecule is CCCNC(c1cc(C)ccn1)c1ncccc1OC. The van der Waals surface area contributed by atoms with Gasteiger partial charge in [-0.3, -0.25) is 9.97 Å². The van der Waals surface area contributed by atoms with E-state index in [1.54, 1.807) is 13.3 Å². The van der Waals surface area contributed by atoms with Gasteiger partial charge in [-0.25, -0.2) is 0 Å². The second kappa shape index (κ2) is 7.01. The Morgan fingerprint density at radius 2 is 2.10 bits per heavy atom. The van der Waals surface area contributed by atoms with Crippen LogP contribution < -0.4 is 10.1 Å². The van der Waals surface area contributed by atoms with Crippen LogP contribution in [0.2, 0.25) is 0 Å². The predicted molar refractivity (Wildman–Crippen MR) is 79.9 cm³/mol. The van der Waals surface area contributed by atoms with Crippen molar-refractivity contribution in [3.05, 3.63) is 53.6 Å². The molecular weight excluding hydrogens is 250 g/mol. The average Bonchev–Trinajstić information content (AvgIpc) is 2.48. The summed E-state index contributed by atoms with van der Waals surface area (Å²) >= 11 is 0. The molecule has 0 bridgehead atoms. The Balaban J connectivity index is 2.41. The van der Waals surface area contributed by atoms with Gasteiger partial charge < -0.3 is 10.1 Å². The normalized spacial score (nSPS) is 12.2. The van der Waals surface area contributed by atoms with E-state index in [0.717, 1.165) is 30.1 Å². The Bertz CT molecular complexity index is 557. The van der Waals surface area contributed by atoms with Crippen LogP contribution in [0.5, 0.6) is 5.75 Å². The standard InChI is InChI=1S/C16H21N3O/c1-4-8-18-15(13-11-12(2)7-10-17-13)16-14(20-3)6-5-9-19-16/h5-7,9-11,15,18H,4,8H2,1-3H3. The van der Waals surface area contributed by atoms with Crippen molar-refractivity contribution in [2.45, 2.75) is 26.3 Å². The summed E-state index contributed by atoms with van der Waals surface area (Å²) in [6.07, 6.45) is 4.67. The molecule has 106 valence electrons. The Labute approximate surface area is 120 Å². The lowest BCUT2D eigenvalue weighted by atomic mass is 10.1. The summed E-state index contributed by atoms with van der Waals surface area (Å²) < 4.78 is 5.43. The van der Waals surface area contributed by atoms with Crippen molar-refractivity contribution in [2.75, 3.05) is 13.7 Å². The third-order valence-corrected chi connectivity index (χ3v) is 3.12. The first kappa shape index (κ1) is 14.5. The topological polar surface area (TPSA) is 47.0 Å². The third-order valence-electron chi connectivity index (χ3n) is 3.12. The van der Waals surface area contributed by atoms with E-state index in [-0.39, 0.29) is 6.04 Å². The van der Waals surface area contributed by atoms with Crippen LogP contribution in [0.25, 0.3) is 0 Å². The molecule has 0 saturated carbocycles. The van der Waals surface area contributed by atoms with Gasteiger partial charge >= 0.3 is 0 Å². The summed E-state index contributed by atoms with van der Waals surface area (Å²) in [4.78, 5) is 8.97. The van der Waals surface area contributed by atoms with Gasteiger partial charge in [0.05, 0.1) is 18.8 Å². The van der Waals surface area contributed by atoms with Crippen molar-refractivity contribution in [1.29, 1.82) is 0 Å². The molecule has 2 rings (SSSR count). The molecule has 0 aromatic carbocycles. The first-order valence-corrected chi connectivity index (χ1v) is 6.91. The third kappa shape index (κ3) is 3.33. The van der Waals surface area contributed by atoms with Gasteiger partial charge in [0.1, 0.15) is 11.4 Å². The number of ether oxygens (including phenoxy) is 1. The zero-order chi connectivity index (χ0) is 14.4. The first-order valence-electron chi connectivity index (χ1n) is 6.91. The van der Waals surface area contributed by atoms with Crippen LogP contribution in [0.1, 0.15) is 36.3 Å². The fraction of sp³-hybridized carbons (Fsp3) is 0.375. The van der Waals surface area contributed by atoms with Crippen molar-refractivity contribution in [1.82, 2.24) is 15.3 Å². The van der Waals surface area contributed by atoms with E-state index in [0.29, 0.717) is 0 Å². The van der Waals surface area contributed by atoms with Crippen LogP contribution in [-0.4, -0.2) is 23.6 Å². The molecule has 0 saturated heterocycles. The van der Waals surface area contributed by atoms with Crippen molar-refractivity contribution in [3.8, 4) is 5.75 Å². The monoisotopic (exact) mass is 271 g/mol. The van der Waals surface area contributed by atoms with E-state index in [9.17, 15) is 0 Å². The second-order valence-corrected chi connectivity index (χ2v) is 4.74. The largest absolute Gasteiger partial charge is 0.495 e. The molecule has 1 atom stereocenters. The minimum absolute atomic E-state index is 0.0500. The molecule has 0 fully saturated rings. The maximum atomic E-state index is 5.43. The van der Waals surface area contributed by atoms with Crippen LogP contribution >= 0.6 is 0 Å². The number of nitrogens with zero attached hydrogens (tertiary/aromatic N) is 2. The number of nitrogens with one attached hydrogen (secondary N) is 1. The Morgan fingerprint density at radius 1 is 1.25 bits per heavy atom. The lowest BCUT2D eigenvalue weighted by Crippen LogP contribution is -2.25. The second-order valence-electron chi connectivity index (χ2n) is 4.74. The maximum Gasteiger partial charge on any atom is 0.142 e. The minimum atomic E-state index is -0.0500. The maximum absolute atomic E-state index is 5.43. The molecule has 0 aliphatic rings. The molecule has 20 heavy (non-hydrogen) atoms. The Kier molecular flexibility index (Phi) is 5.07. The fourth-order valence-corrected chi connectivity index (χ4v) is 2.14. The first-order chi connectivity index (χ1) is 9.76. The van der Waals surface area contributed by atoms with E-state index in [2.05, 4.69) is 35.2 Å². The molecule has 2 aromatic heterocycles. The highest BCUT2D eigenvalue weighted by Gasteiger charge is 2.20. The summed E-state index contributed by atoms with van der Waals surface area (Å²) in [6.45, 7) is 5.11. The number of rotatable bonds is 6. The number of aromatic nitrogens is 2. The van der Waals surface area contributed by atoms with Gasteiger partial charge in [0.15, 0.2) is 0 Å². The van der Waals surface area contributed by atoms with E-state index < -0.39 is 0 Å². The van der Waals surface area contributed by atoms with Crippen molar-refractivity contribution in [2.24, 2.45) is 0 Å². The number of methoxy groups -OCH3 is 1. The minimum Gasteiger partial charge on any atom is -0.495 e. The molecule has 0 amide bonds. The molecule has 0 spiro atoms. The molecule has 4 heteroatoms. The van der Waals surface area contributed by atoms with Crippen molar-refractivity contribution in [3.63, 3.8) is 0 Å². The smallest absolute Gasteiger partial charge is 0.142 e. The van der Waals surface area contributed by atoms with Crippen molar-refractivity contribution >= 4 is 0 Å². The highest BCUT2D eigenvalue weighted by atomic mass is 16.5. The fourth-order valence-electron chi connectivity index (χ4n) is 2.14. The van der Waals surface area contributed by atoms with E-state index in [4.69, 9.17) is 4.74 Å². The van der Waals surface area contributed by atoms with Gasteiger partial charge in [-0.1, -0.05) is 6.92 Å². The highest BCUT2D eigenvalue weighted by molar-refractivity contribution is 5.35. The molecule has 2 heterocycles. The quantitative estimate of drug-likeness (QED) is 0.877. The zero-order valence-corrected chi connectivity index (χ0v) is 12.3. The number of pyridine rings is 2.